The zero-order valence-corrected chi connectivity index (χ0v) is 17.5. The largest absolute Gasteiger partial charge is 0.351 e. The standard InChI is InChI=1S/C19H24ClN5O2S/c1-11(2)15(17(26)22-18(21)27)28-19-24-23-16(13-9-5-6-10-14(13)20)25(19)12-7-3-4-8-12/h5-6,9-12,15H,3-4,7-8H2,1-2H3,(H3,21,22,26,27). The second-order valence-electron chi connectivity index (χ2n) is 7.23. The number of nitrogens with two attached hydrogens (primary N) is 1. The molecule has 1 fully saturated rings. The van der Waals surface area contributed by atoms with Gasteiger partial charge < -0.3 is 5.73 Å². The topological polar surface area (TPSA) is 103 Å². The molecule has 3 rings (SSSR count). The first kappa shape index (κ1) is 20.7. The molecule has 1 unspecified atom stereocenters. The SMILES string of the molecule is CC(C)C(Sc1nnc(-c2ccccc2Cl)n1C1CCCC1)C(=O)NC(N)=O. The Morgan fingerprint density at radius 1 is 1.25 bits per heavy atom. The second kappa shape index (κ2) is 8.96. The van der Waals surface area contributed by atoms with E-state index < -0.39 is 17.2 Å². The second-order valence-corrected chi connectivity index (χ2v) is 8.75. The van der Waals surface area contributed by atoms with Crippen molar-refractivity contribution in [3.8, 4) is 11.4 Å². The van der Waals surface area contributed by atoms with E-state index in [-0.39, 0.29) is 12.0 Å². The number of aromatic nitrogens is 3. The first-order valence-electron chi connectivity index (χ1n) is 9.35. The number of nitrogens with one attached hydrogen (secondary N) is 1. The average molecular weight is 422 g/mol. The molecule has 0 radical (unpaired) electrons. The molecule has 9 heteroatoms. The van der Waals surface area contributed by atoms with Gasteiger partial charge in [0.1, 0.15) is 0 Å². The normalized spacial score (nSPS) is 15.7. The van der Waals surface area contributed by atoms with Gasteiger partial charge in [0.15, 0.2) is 11.0 Å². The lowest BCUT2D eigenvalue weighted by Crippen LogP contribution is -2.42. The van der Waals surface area contributed by atoms with E-state index in [9.17, 15) is 9.59 Å². The molecule has 7 nitrogen and oxygen atoms in total. The molecule has 1 aliphatic rings. The van der Waals surface area contributed by atoms with Crippen molar-refractivity contribution in [2.45, 2.75) is 56.0 Å². The molecule has 3 N–H and O–H groups in total. The lowest BCUT2D eigenvalue weighted by atomic mass is 10.1. The number of hydrogen-bond acceptors (Lipinski definition) is 5. The van der Waals surface area contributed by atoms with Crippen LogP contribution in [0.5, 0.6) is 0 Å². The molecule has 0 saturated heterocycles. The molecular weight excluding hydrogens is 398 g/mol. The third-order valence-electron chi connectivity index (χ3n) is 4.81. The molecule has 150 valence electrons. The summed E-state index contributed by atoms with van der Waals surface area (Å²) in [5, 5.41) is 11.7. The van der Waals surface area contributed by atoms with Crippen LogP contribution in [0.25, 0.3) is 11.4 Å². The predicted octanol–water partition coefficient (Wildman–Crippen LogP) is 4.03. The van der Waals surface area contributed by atoms with E-state index in [1.807, 2.05) is 38.1 Å². The fourth-order valence-corrected chi connectivity index (χ4v) is 4.80. The molecule has 2 aromatic rings. The first-order chi connectivity index (χ1) is 13.4. The number of imide groups is 1. The van der Waals surface area contributed by atoms with Gasteiger partial charge >= 0.3 is 6.03 Å². The van der Waals surface area contributed by atoms with Crippen molar-refractivity contribution in [2.24, 2.45) is 11.7 Å². The monoisotopic (exact) mass is 421 g/mol. The molecule has 28 heavy (non-hydrogen) atoms. The van der Waals surface area contributed by atoms with Crippen molar-refractivity contribution in [1.82, 2.24) is 20.1 Å². The minimum atomic E-state index is -0.856. The van der Waals surface area contributed by atoms with Crippen molar-refractivity contribution < 1.29 is 9.59 Å². The van der Waals surface area contributed by atoms with Crippen molar-refractivity contribution in [2.75, 3.05) is 0 Å². The summed E-state index contributed by atoms with van der Waals surface area (Å²) >= 11 is 7.72. The average Bonchev–Trinajstić information content (AvgIpc) is 3.28. The van der Waals surface area contributed by atoms with Gasteiger partial charge in [-0.25, -0.2) is 4.79 Å². The number of hydrogen-bond donors (Lipinski definition) is 2. The van der Waals surface area contributed by atoms with Crippen LogP contribution in [0.1, 0.15) is 45.6 Å². The maximum Gasteiger partial charge on any atom is 0.318 e. The van der Waals surface area contributed by atoms with Gasteiger partial charge in [0.2, 0.25) is 5.91 Å². The van der Waals surface area contributed by atoms with E-state index in [2.05, 4.69) is 20.1 Å². The van der Waals surface area contributed by atoms with Crippen molar-refractivity contribution >= 4 is 35.3 Å². The van der Waals surface area contributed by atoms with Crippen LogP contribution in [0.2, 0.25) is 5.02 Å². The number of halogens is 1. The van der Waals surface area contributed by atoms with Gasteiger partial charge in [-0.3, -0.25) is 14.7 Å². The predicted molar refractivity (Wildman–Crippen MR) is 110 cm³/mol. The van der Waals surface area contributed by atoms with Crippen LogP contribution in [0.4, 0.5) is 4.79 Å². The van der Waals surface area contributed by atoms with E-state index in [0.717, 1.165) is 31.2 Å². The fourth-order valence-electron chi connectivity index (χ4n) is 3.47. The highest BCUT2D eigenvalue weighted by Gasteiger charge is 2.31. The summed E-state index contributed by atoms with van der Waals surface area (Å²) in [7, 11) is 0. The summed E-state index contributed by atoms with van der Waals surface area (Å²) in [5.41, 5.74) is 5.94. The van der Waals surface area contributed by atoms with E-state index in [1.54, 1.807) is 0 Å². The Hall–Kier alpha value is -2.06. The number of primary amides is 1. The van der Waals surface area contributed by atoms with Crippen LogP contribution in [0.3, 0.4) is 0 Å². The van der Waals surface area contributed by atoms with E-state index >= 15 is 0 Å². The molecule has 1 aromatic carbocycles. The fraction of sp³-hybridized carbons (Fsp3) is 0.474. The highest BCUT2D eigenvalue weighted by molar-refractivity contribution is 8.00. The molecule has 1 aliphatic carbocycles. The van der Waals surface area contributed by atoms with Crippen LogP contribution in [0.15, 0.2) is 29.4 Å². The summed E-state index contributed by atoms with van der Waals surface area (Å²) in [6.45, 7) is 3.84. The summed E-state index contributed by atoms with van der Waals surface area (Å²) < 4.78 is 2.10. The van der Waals surface area contributed by atoms with Gasteiger partial charge in [0.05, 0.1) is 10.3 Å². The zero-order chi connectivity index (χ0) is 20.3. The lowest BCUT2D eigenvalue weighted by molar-refractivity contribution is -0.120. The number of rotatable bonds is 6. The van der Waals surface area contributed by atoms with E-state index in [4.69, 9.17) is 17.3 Å². The summed E-state index contributed by atoms with van der Waals surface area (Å²) in [6, 6.07) is 6.95. The minimum Gasteiger partial charge on any atom is -0.351 e. The molecule has 3 amide bonds. The van der Waals surface area contributed by atoms with E-state index in [0.29, 0.717) is 16.0 Å². The molecule has 1 atom stereocenters. The molecular formula is C19H24ClN5O2S. The van der Waals surface area contributed by atoms with Crippen molar-refractivity contribution in [3.63, 3.8) is 0 Å². The van der Waals surface area contributed by atoms with Gasteiger partial charge in [-0.15, -0.1) is 10.2 Å². The Morgan fingerprint density at radius 2 is 1.93 bits per heavy atom. The quantitative estimate of drug-likeness (QED) is 0.685. The maximum atomic E-state index is 12.5. The Morgan fingerprint density at radius 3 is 2.54 bits per heavy atom. The number of urea groups is 1. The van der Waals surface area contributed by atoms with Crippen LogP contribution >= 0.6 is 23.4 Å². The van der Waals surface area contributed by atoms with Crippen LogP contribution in [-0.2, 0) is 4.79 Å². The van der Waals surface area contributed by atoms with E-state index in [1.165, 1.54) is 11.8 Å². The molecule has 1 saturated carbocycles. The lowest BCUT2D eigenvalue weighted by Gasteiger charge is -2.21. The highest BCUT2D eigenvalue weighted by Crippen LogP contribution is 2.39. The Bertz CT molecular complexity index is 864. The zero-order valence-electron chi connectivity index (χ0n) is 15.9. The molecule has 1 heterocycles. The van der Waals surface area contributed by atoms with Crippen LogP contribution in [0, 0.1) is 5.92 Å². The third-order valence-corrected chi connectivity index (χ3v) is 6.64. The molecule has 0 spiro atoms. The van der Waals surface area contributed by atoms with Crippen LogP contribution < -0.4 is 11.1 Å². The molecule has 0 bridgehead atoms. The Labute approximate surface area is 173 Å². The molecule has 0 aliphatic heterocycles. The maximum absolute atomic E-state index is 12.5. The number of amides is 3. The number of nitrogens with zero attached hydrogens (tertiary/aromatic N) is 3. The van der Waals surface area contributed by atoms with Crippen molar-refractivity contribution in [1.29, 1.82) is 0 Å². The highest BCUT2D eigenvalue weighted by atomic mass is 35.5. The first-order valence-corrected chi connectivity index (χ1v) is 10.6. The smallest absolute Gasteiger partial charge is 0.318 e. The van der Waals surface area contributed by atoms with Gasteiger partial charge in [0.25, 0.3) is 0 Å². The minimum absolute atomic E-state index is 0.0261. The number of carbonyl (C=O) groups excluding carboxylic acids is 2. The summed E-state index contributed by atoms with van der Waals surface area (Å²) in [5.74, 6) is 0.257. The van der Waals surface area contributed by atoms with Gasteiger partial charge in [-0.05, 0) is 30.9 Å². The number of carbonyl (C=O) groups is 2. The molecule has 1 aromatic heterocycles. The third kappa shape index (κ3) is 4.50. The van der Waals surface area contributed by atoms with Crippen molar-refractivity contribution in [3.05, 3.63) is 29.3 Å². The Kier molecular flexibility index (Phi) is 6.61. The number of thioether (sulfide) groups is 1. The van der Waals surface area contributed by atoms with Gasteiger partial charge in [-0.1, -0.05) is 62.2 Å². The number of benzene rings is 1. The summed E-state index contributed by atoms with van der Waals surface area (Å²) in [6.07, 6.45) is 4.35. The summed E-state index contributed by atoms with van der Waals surface area (Å²) in [4.78, 5) is 23.6. The van der Waals surface area contributed by atoms with Gasteiger partial charge in [0, 0.05) is 11.6 Å². The Balaban J connectivity index is 1.99. The van der Waals surface area contributed by atoms with Gasteiger partial charge in [-0.2, -0.15) is 0 Å². The van der Waals surface area contributed by atoms with Crippen LogP contribution in [-0.4, -0.2) is 32.0 Å².